The van der Waals surface area contributed by atoms with Crippen molar-refractivity contribution in [3.63, 3.8) is 0 Å². The Morgan fingerprint density at radius 2 is 1.97 bits per heavy atom. The van der Waals surface area contributed by atoms with E-state index in [9.17, 15) is 18.4 Å². The minimum absolute atomic E-state index is 0.0390. The molecule has 0 spiro atoms. The molecule has 1 fully saturated rings. The first-order valence-electron chi connectivity index (χ1n) is 10.8. The number of carbonyl (C=O) groups excluding carboxylic acids is 1. The van der Waals surface area contributed by atoms with E-state index in [1.165, 1.54) is 18.7 Å². The van der Waals surface area contributed by atoms with Gasteiger partial charge in [0.05, 0.1) is 12.2 Å². The quantitative estimate of drug-likeness (QED) is 0.577. The van der Waals surface area contributed by atoms with Crippen molar-refractivity contribution in [2.24, 2.45) is 10.9 Å². The number of aryl methyl sites for hydroxylation is 1. The first-order valence-corrected chi connectivity index (χ1v) is 11.8. The third-order valence-electron chi connectivity index (χ3n) is 6.24. The Bertz CT molecular complexity index is 1400. The van der Waals surface area contributed by atoms with Crippen molar-refractivity contribution in [1.82, 2.24) is 15.3 Å². The van der Waals surface area contributed by atoms with Crippen LogP contribution in [-0.4, -0.2) is 39.9 Å². The molecule has 2 atom stereocenters. The molecule has 0 radical (unpaired) electrons. The minimum Gasteiger partial charge on any atom is -0.339 e. The van der Waals surface area contributed by atoms with Crippen LogP contribution in [0.4, 0.5) is 19.1 Å². The largest absolute Gasteiger partial charge is 0.339 e. The van der Waals surface area contributed by atoms with Crippen LogP contribution in [0.2, 0.25) is 0 Å². The summed E-state index contributed by atoms with van der Waals surface area (Å²) in [6.45, 7) is 1.72. The predicted octanol–water partition coefficient (Wildman–Crippen LogP) is 3.36. The summed E-state index contributed by atoms with van der Waals surface area (Å²) in [6.07, 6.45) is 0. The molecule has 5 rings (SSSR count). The van der Waals surface area contributed by atoms with Crippen molar-refractivity contribution in [2.75, 3.05) is 23.7 Å². The van der Waals surface area contributed by atoms with Gasteiger partial charge in [-0.05, 0) is 37.3 Å². The molecule has 1 aromatic heterocycles. The highest BCUT2D eigenvalue weighted by Crippen LogP contribution is 2.47. The number of aromatic nitrogens is 2. The fourth-order valence-electron chi connectivity index (χ4n) is 4.50. The summed E-state index contributed by atoms with van der Waals surface area (Å²) in [5.74, 6) is -2.37. The Morgan fingerprint density at radius 1 is 1.20 bits per heavy atom. The lowest BCUT2D eigenvalue weighted by molar-refractivity contribution is 0.0977. The van der Waals surface area contributed by atoms with Gasteiger partial charge in [0.1, 0.15) is 17.2 Å². The van der Waals surface area contributed by atoms with E-state index in [2.05, 4.69) is 15.3 Å². The molecule has 0 aliphatic carbocycles. The van der Waals surface area contributed by atoms with Gasteiger partial charge in [-0.25, -0.2) is 18.8 Å². The maximum atomic E-state index is 15.1. The summed E-state index contributed by atoms with van der Waals surface area (Å²) >= 11 is 1.29. The number of rotatable bonds is 3. The van der Waals surface area contributed by atoms with E-state index >= 15 is 4.39 Å². The van der Waals surface area contributed by atoms with Gasteiger partial charge in [0.15, 0.2) is 5.17 Å². The normalized spacial score (nSPS) is 21.4. The van der Waals surface area contributed by atoms with Gasteiger partial charge in [-0.2, -0.15) is 4.39 Å². The summed E-state index contributed by atoms with van der Waals surface area (Å²) < 4.78 is 43.2. The van der Waals surface area contributed by atoms with Crippen LogP contribution < -0.4 is 15.8 Å². The highest BCUT2D eigenvalue weighted by molar-refractivity contribution is 8.13. The number of nitrogens with one attached hydrogen (secondary N) is 2. The number of anilines is 1. The van der Waals surface area contributed by atoms with E-state index in [0.717, 1.165) is 18.2 Å². The molecule has 2 N–H and O–H groups in total. The van der Waals surface area contributed by atoms with Gasteiger partial charge in [-0.1, -0.05) is 30.0 Å². The standard InChI is InChI=1S/C24H20F3N5O2S/c1-13-19(27)21(34)29-22(28-13)32-10-15-11-35-23(30-20(33)14-5-3-2-4-6-14)31-24(15,12-32)17-9-16(25)7-8-18(17)26/h2-9,15H,10-12H2,1H3,(H,28,29,34)(H,30,31,33)/t15-,24-/m0/s1. The molecule has 1 amide bonds. The third-order valence-corrected chi connectivity index (χ3v) is 7.27. The number of amidine groups is 1. The second-order valence-electron chi connectivity index (χ2n) is 8.46. The van der Waals surface area contributed by atoms with Crippen molar-refractivity contribution in [2.45, 2.75) is 12.5 Å². The number of thioether (sulfide) groups is 1. The van der Waals surface area contributed by atoms with Crippen LogP contribution in [0.15, 0.2) is 58.3 Å². The number of hydrogen-bond acceptors (Lipinski definition) is 6. The molecular weight excluding hydrogens is 479 g/mol. The topological polar surface area (TPSA) is 90.4 Å². The van der Waals surface area contributed by atoms with Crippen LogP contribution in [0.5, 0.6) is 0 Å². The van der Waals surface area contributed by atoms with Gasteiger partial charge in [0, 0.05) is 29.3 Å². The average Bonchev–Trinajstić information content (AvgIpc) is 3.24. The second kappa shape index (κ2) is 8.88. The fourth-order valence-corrected chi connectivity index (χ4v) is 5.63. The Labute approximate surface area is 202 Å². The number of fused-ring (bicyclic) bond motifs is 1. The van der Waals surface area contributed by atoms with Crippen LogP contribution in [0, 0.1) is 30.3 Å². The summed E-state index contributed by atoms with van der Waals surface area (Å²) in [4.78, 5) is 37.7. The summed E-state index contributed by atoms with van der Waals surface area (Å²) in [6, 6.07) is 11.7. The smallest absolute Gasteiger partial charge is 0.288 e. The van der Waals surface area contributed by atoms with Crippen LogP contribution in [-0.2, 0) is 5.54 Å². The molecule has 0 bridgehead atoms. The van der Waals surface area contributed by atoms with E-state index in [1.54, 1.807) is 35.2 Å². The van der Waals surface area contributed by atoms with Crippen molar-refractivity contribution < 1.29 is 18.0 Å². The van der Waals surface area contributed by atoms with Crippen molar-refractivity contribution in [3.05, 3.63) is 93.2 Å². The van der Waals surface area contributed by atoms with Gasteiger partial charge >= 0.3 is 0 Å². The lowest BCUT2D eigenvalue weighted by Crippen LogP contribution is -2.43. The molecule has 7 nitrogen and oxygen atoms in total. The molecule has 2 aliphatic rings. The highest BCUT2D eigenvalue weighted by atomic mass is 32.2. The minimum atomic E-state index is -1.27. The predicted molar refractivity (Wildman–Crippen MR) is 127 cm³/mol. The number of nitrogens with zero attached hydrogens (tertiary/aromatic N) is 3. The van der Waals surface area contributed by atoms with Gasteiger partial charge in [-0.3, -0.25) is 14.6 Å². The number of aromatic amines is 1. The average molecular weight is 500 g/mol. The van der Waals surface area contributed by atoms with Crippen LogP contribution >= 0.6 is 11.8 Å². The van der Waals surface area contributed by atoms with E-state index in [1.807, 2.05) is 0 Å². The maximum Gasteiger partial charge on any atom is 0.288 e. The first kappa shape index (κ1) is 23.2. The number of carbonyl (C=O) groups is 1. The molecule has 180 valence electrons. The number of benzene rings is 2. The lowest BCUT2D eigenvalue weighted by Gasteiger charge is -2.35. The number of aliphatic imine (C=N–C) groups is 1. The van der Waals surface area contributed by atoms with Crippen LogP contribution in [0.3, 0.4) is 0 Å². The maximum absolute atomic E-state index is 15.1. The van der Waals surface area contributed by atoms with Gasteiger partial charge < -0.3 is 10.2 Å². The van der Waals surface area contributed by atoms with Gasteiger partial charge in [0.25, 0.3) is 11.5 Å². The molecule has 0 unspecified atom stereocenters. The van der Waals surface area contributed by atoms with E-state index in [-0.39, 0.29) is 40.7 Å². The van der Waals surface area contributed by atoms with Crippen molar-refractivity contribution in [1.29, 1.82) is 0 Å². The Hall–Kier alpha value is -3.60. The van der Waals surface area contributed by atoms with Crippen LogP contribution in [0.25, 0.3) is 0 Å². The van der Waals surface area contributed by atoms with Crippen LogP contribution in [0.1, 0.15) is 21.6 Å². The number of amides is 1. The Morgan fingerprint density at radius 3 is 2.71 bits per heavy atom. The summed E-state index contributed by atoms with van der Waals surface area (Å²) in [5, 5.41) is 3.05. The molecule has 1 saturated heterocycles. The molecule has 0 saturated carbocycles. The molecule has 2 aromatic carbocycles. The summed E-state index contributed by atoms with van der Waals surface area (Å²) in [7, 11) is 0. The SMILES string of the molecule is Cc1nc(N2C[C@H]3CSC(NC(=O)c4ccccc4)=N[C@@]3(c3cc(F)ccc3F)C2)[nH]c(=O)c1F. The monoisotopic (exact) mass is 499 g/mol. The highest BCUT2D eigenvalue weighted by Gasteiger charge is 2.52. The molecular formula is C24H20F3N5O2S. The molecule has 3 heterocycles. The van der Waals surface area contributed by atoms with E-state index in [4.69, 9.17) is 4.99 Å². The van der Waals surface area contributed by atoms with Gasteiger partial charge in [-0.15, -0.1) is 0 Å². The van der Waals surface area contributed by atoms with E-state index < -0.39 is 28.5 Å². The zero-order chi connectivity index (χ0) is 24.7. The Kier molecular flexibility index (Phi) is 5.87. The first-order chi connectivity index (χ1) is 16.8. The number of halogens is 3. The van der Waals surface area contributed by atoms with Crippen molar-refractivity contribution in [3.8, 4) is 0 Å². The zero-order valence-electron chi connectivity index (χ0n) is 18.5. The second-order valence-corrected chi connectivity index (χ2v) is 9.47. The van der Waals surface area contributed by atoms with Gasteiger partial charge in [0.2, 0.25) is 11.8 Å². The number of H-pyrrole nitrogens is 1. The number of hydrogen-bond donors (Lipinski definition) is 2. The zero-order valence-corrected chi connectivity index (χ0v) is 19.3. The molecule has 2 aliphatic heterocycles. The van der Waals surface area contributed by atoms with E-state index in [0.29, 0.717) is 17.9 Å². The lowest BCUT2D eigenvalue weighted by atomic mass is 9.81. The third kappa shape index (κ3) is 4.20. The molecule has 35 heavy (non-hydrogen) atoms. The fraction of sp³-hybridized carbons (Fsp3) is 0.250. The Balaban J connectivity index is 1.57. The molecule has 11 heteroatoms. The molecule has 3 aromatic rings. The van der Waals surface area contributed by atoms with Crippen molar-refractivity contribution >= 4 is 28.8 Å². The summed E-state index contributed by atoms with van der Waals surface area (Å²) in [5.41, 5.74) is -1.78.